The lowest BCUT2D eigenvalue weighted by Crippen LogP contribution is -2.31. The maximum absolute atomic E-state index is 11.8. The van der Waals surface area contributed by atoms with E-state index in [4.69, 9.17) is 32.7 Å². The first-order chi connectivity index (χ1) is 14.9. The van der Waals surface area contributed by atoms with Gasteiger partial charge in [-0.25, -0.2) is 13.1 Å². The third-order valence-corrected chi connectivity index (χ3v) is 6.54. The fourth-order valence-electron chi connectivity index (χ4n) is 2.85. The van der Waals surface area contributed by atoms with Gasteiger partial charge in [-0.2, -0.15) is 0 Å². The molecule has 0 saturated heterocycles. The molecule has 0 spiro atoms. The van der Waals surface area contributed by atoms with Crippen molar-refractivity contribution < 1.29 is 22.7 Å². The Bertz CT molecular complexity index is 1020. The summed E-state index contributed by atoms with van der Waals surface area (Å²) in [5.41, 5.74) is 1.51. The number of carbonyl (C=O) groups is 1. The van der Waals surface area contributed by atoms with Crippen LogP contribution in [0.3, 0.4) is 0 Å². The molecule has 0 radical (unpaired) electrons. The van der Waals surface area contributed by atoms with E-state index in [9.17, 15) is 13.2 Å². The normalized spacial score (nSPS) is 11.9. The Hall–Kier alpha value is -1.32. The summed E-state index contributed by atoms with van der Waals surface area (Å²) in [6.45, 7) is 4.09. The molecule has 6 nitrogen and oxygen atoms in total. The zero-order valence-electron chi connectivity index (χ0n) is 18.1. The number of ketones is 1. The first kappa shape index (κ1) is 26.9. The van der Waals surface area contributed by atoms with Gasteiger partial charge in [-0.05, 0) is 41.8 Å². The Balaban J connectivity index is 2.08. The minimum absolute atomic E-state index is 0.229. The van der Waals surface area contributed by atoms with Crippen molar-refractivity contribution >= 4 is 54.9 Å². The molecule has 0 atom stereocenters. The van der Waals surface area contributed by atoms with Gasteiger partial charge in [0.25, 0.3) is 0 Å². The molecular weight excluding hydrogens is 541 g/mol. The van der Waals surface area contributed by atoms with E-state index in [-0.39, 0.29) is 18.9 Å². The van der Waals surface area contributed by atoms with Gasteiger partial charge in [0.05, 0.1) is 29.5 Å². The Kier molecular flexibility index (Phi) is 9.85. The molecule has 0 heterocycles. The highest BCUT2D eigenvalue weighted by Crippen LogP contribution is 2.40. The summed E-state index contributed by atoms with van der Waals surface area (Å²) < 4.78 is 35.4. The highest BCUT2D eigenvalue weighted by atomic mass is 79.9. The zero-order valence-corrected chi connectivity index (χ0v) is 22.0. The molecule has 2 aromatic rings. The Morgan fingerprint density at radius 1 is 1.06 bits per heavy atom. The van der Waals surface area contributed by atoms with E-state index in [1.807, 2.05) is 24.3 Å². The molecule has 0 amide bonds. The largest absolute Gasteiger partial charge is 0.490 e. The van der Waals surface area contributed by atoms with Gasteiger partial charge in [0.2, 0.25) is 10.0 Å². The third kappa shape index (κ3) is 7.92. The van der Waals surface area contributed by atoms with Gasteiger partial charge < -0.3 is 9.47 Å². The average Bonchev–Trinajstić information content (AvgIpc) is 2.72. The smallest absolute Gasteiger partial charge is 0.209 e. The van der Waals surface area contributed by atoms with E-state index in [2.05, 4.69) is 34.5 Å². The number of alkyl halides is 1. The number of benzene rings is 2. The zero-order chi connectivity index (χ0) is 23.9. The number of carbonyl (C=O) groups excluding carboxylic acids is 1. The molecule has 32 heavy (non-hydrogen) atoms. The fourth-order valence-corrected chi connectivity index (χ4v) is 4.10. The van der Waals surface area contributed by atoms with Crippen molar-refractivity contribution in [3.05, 3.63) is 57.6 Å². The van der Waals surface area contributed by atoms with Crippen LogP contribution in [-0.4, -0.2) is 45.5 Å². The molecule has 10 heteroatoms. The number of halogens is 3. The maximum atomic E-state index is 11.8. The lowest BCUT2D eigenvalue weighted by atomic mass is 9.78. The number of nitrogens with one attached hydrogen (secondary N) is 1. The molecule has 0 aliphatic heterocycles. The van der Waals surface area contributed by atoms with Crippen molar-refractivity contribution in [1.29, 1.82) is 0 Å². The van der Waals surface area contributed by atoms with Gasteiger partial charge in [0, 0.05) is 10.7 Å². The van der Waals surface area contributed by atoms with Crippen LogP contribution in [0.25, 0.3) is 0 Å². The first-order valence-corrected chi connectivity index (χ1v) is 13.6. The minimum atomic E-state index is -3.42. The van der Waals surface area contributed by atoms with E-state index in [1.165, 1.54) is 0 Å². The number of hydrogen-bond donors (Lipinski definition) is 1. The number of sulfonamides is 1. The fraction of sp³-hybridized carbons (Fsp3) is 0.409. The summed E-state index contributed by atoms with van der Waals surface area (Å²) in [6, 6.07) is 11.0. The highest BCUT2D eigenvalue weighted by molar-refractivity contribution is 9.09. The van der Waals surface area contributed by atoms with Crippen LogP contribution < -0.4 is 14.2 Å². The topological polar surface area (TPSA) is 81.7 Å². The quantitative estimate of drug-likeness (QED) is 0.289. The predicted octanol–water partition coefficient (Wildman–Crippen LogP) is 4.98. The van der Waals surface area contributed by atoms with Gasteiger partial charge in [0.15, 0.2) is 11.5 Å². The molecule has 0 unspecified atom stereocenters. The molecule has 0 bridgehead atoms. The molecule has 176 valence electrons. The summed E-state index contributed by atoms with van der Waals surface area (Å²) in [5, 5.41) is 1.74. The Morgan fingerprint density at radius 3 is 2.19 bits per heavy atom. The van der Waals surface area contributed by atoms with Crippen LogP contribution in [0.2, 0.25) is 10.0 Å². The molecule has 0 saturated carbocycles. The molecular formula is C22H26BrCl2NO5S. The van der Waals surface area contributed by atoms with Crippen molar-refractivity contribution in [2.45, 2.75) is 25.7 Å². The van der Waals surface area contributed by atoms with E-state index in [0.29, 0.717) is 28.2 Å². The molecule has 1 N–H and O–H groups in total. The van der Waals surface area contributed by atoms with Crippen LogP contribution in [0.1, 0.15) is 31.4 Å². The molecule has 2 aromatic carbocycles. The van der Waals surface area contributed by atoms with Crippen LogP contribution in [0.4, 0.5) is 0 Å². The van der Waals surface area contributed by atoms with Crippen molar-refractivity contribution in [3.8, 4) is 11.5 Å². The van der Waals surface area contributed by atoms with Gasteiger partial charge in [-0.15, -0.1) is 0 Å². The maximum Gasteiger partial charge on any atom is 0.209 e. The van der Waals surface area contributed by atoms with Crippen LogP contribution in [0.15, 0.2) is 36.4 Å². The second-order valence-corrected chi connectivity index (χ2v) is 11.2. The molecule has 0 aromatic heterocycles. The Labute approximate surface area is 207 Å². The van der Waals surface area contributed by atoms with Gasteiger partial charge in [-0.1, -0.05) is 65.1 Å². The minimum Gasteiger partial charge on any atom is -0.490 e. The number of rotatable bonds is 12. The van der Waals surface area contributed by atoms with Crippen LogP contribution >= 0.6 is 39.1 Å². The van der Waals surface area contributed by atoms with Crippen LogP contribution in [0.5, 0.6) is 11.5 Å². The van der Waals surface area contributed by atoms with E-state index in [1.54, 1.807) is 12.1 Å². The number of ether oxygens (including phenoxy) is 2. The predicted molar refractivity (Wildman–Crippen MR) is 132 cm³/mol. The van der Waals surface area contributed by atoms with Crippen molar-refractivity contribution in [1.82, 2.24) is 4.72 Å². The third-order valence-electron chi connectivity index (χ3n) is 4.75. The summed E-state index contributed by atoms with van der Waals surface area (Å²) in [4.78, 5) is 11.8. The number of Topliss-reactive ketones (excluding diaryl/α,β-unsaturated/α-hetero) is 1. The Morgan fingerprint density at radius 2 is 1.66 bits per heavy atom. The number of hydrogen-bond acceptors (Lipinski definition) is 5. The highest BCUT2D eigenvalue weighted by Gasteiger charge is 2.25. The van der Waals surface area contributed by atoms with Gasteiger partial charge >= 0.3 is 0 Å². The summed E-state index contributed by atoms with van der Waals surface area (Å²) in [6.07, 6.45) is 1.83. The second-order valence-electron chi connectivity index (χ2n) is 7.73. The van der Waals surface area contributed by atoms with Crippen molar-refractivity contribution in [2.75, 3.05) is 31.3 Å². The molecule has 0 aliphatic carbocycles. The monoisotopic (exact) mass is 565 g/mol. The SMILES string of the molecule is CC(C)(c1ccc(OCC(=O)CNS(C)(=O)=O)cc1)c1cc(Cl)c(OCCCBr)c(Cl)c1. The average molecular weight is 567 g/mol. The second kappa shape index (κ2) is 11.7. The molecule has 2 rings (SSSR count). The van der Waals surface area contributed by atoms with E-state index >= 15 is 0 Å². The standard InChI is InChI=1S/C22H26BrCl2NO5S/c1-22(2,16-11-19(24)21(20(25)12-16)30-10-4-9-23)15-5-7-18(8-6-15)31-14-17(27)13-26-32(3,28)29/h5-8,11-12,26H,4,9-10,13-14H2,1-3H3. The van der Waals surface area contributed by atoms with Gasteiger partial charge in [-0.3, -0.25) is 4.79 Å². The lowest BCUT2D eigenvalue weighted by molar-refractivity contribution is -0.119. The van der Waals surface area contributed by atoms with Crippen molar-refractivity contribution in [2.24, 2.45) is 0 Å². The molecule has 0 aliphatic rings. The van der Waals surface area contributed by atoms with Crippen LogP contribution in [-0.2, 0) is 20.2 Å². The van der Waals surface area contributed by atoms with E-state index < -0.39 is 15.4 Å². The summed E-state index contributed by atoms with van der Waals surface area (Å²) in [5.74, 6) is 0.610. The summed E-state index contributed by atoms with van der Waals surface area (Å²) >= 11 is 16.2. The lowest BCUT2D eigenvalue weighted by Gasteiger charge is -2.27. The first-order valence-electron chi connectivity index (χ1n) is 9.82. The van der Waals surface area contributed by atoms with Crippen LogP contribution in [0, 0.1) is 0 Å². The van der Waals surface area contributed by atoms with E-state index in [0.717, 1.165) is 29.1 Å². The van der Waals surface area contributed by atoms with Crippen molar-refractivity contribution in [3.63, 3.8) is 0 Å². The summed E-state index contributed by atoms with van der Waals surface area (Å²) in [7, 11) is -3.42. The van der Waals surface area contributed by atoms with Gasteiger partial charge in [0.1, 0.15) is 12.4 Å². The molecule has 0 fully saturated rings.